The number of nitrogens with one attached hydrogen (secondary N) is 1. The van der Waals surface area contributed by atoms with Gasteiger partial charge in [0.25, 0.3) is 10.0 Å². The first-order chi connectivity index (χ1) is 8.90. The normalized spacial score (nSPS) is 11.3. The molecule has 0 spiro atoms. The molecule has 8 heteroatoms. The molecule has 0 saturated heterocycles. The standard InChI is InChI=1S/C11H7BrClIN2O2S/c12-8-6-7(14)3-4-9(8)16-19(17,18)10-2-1-5-15-11(10)13/h1-6,16H. The van der Waals surface area contributed by atoms with Crippen molar-refractivity contribution in [2.24, 2.45) is 0 Å². The van der Waals surface area contributed by atoms with E-state index in [1.54, 1.807) is 12.1 Å². The SMILES string of the molecule is O=S(=O)(Nc1ccc(I)cc1Br)c1cccnc1Cl. The molecule has 1 heterocycles. The zero-order valence-electron chi connectivity index (χ0n) is 9.27. The molecule has 0 unspecified atom stereocenters. The number of halogens is 3. The van der Waals surface area contributed by atoms with E-state index in [0.717, 1.165) is 3.57 Å². The van der Waals surface area contributed by atoms with Crippen LogP contribution < -0.4 is 4.72 Å². The van der Waals surface area contributed by atoms with Gasteiger partial charge in [-0.1, -0.05) is 11.6 Å². The van der Waals surface area contributed by atoms with Crippen LogP contribution in [0.2, 0.25) is 5.15 Å². The number of pyridine rings is 1. The van der Waals surface area contributed by atoms with Gasteiger partial charge in [-0.3, -0.25) is 4.72 Å². The molecule has 0 radical (unpaired) electrons. The monoisotopic (exact) mass is 472 g/mol. The number of rotatable bonds is 3. The highest BCUT2D eigenvalue weighted by Crippen LogP contribution is 2.28. The molecule has 0 atom stereocenters. The van der Waals surface area contributed by atoms with E-state index in [1.807, 2.05) is 6.07 Å². The molecule has 1 aromatic carbocycles. The number of aromatic nitrogens is 1. The zero-order valence-corrected chi connectivity index (χ0v) is 14.6. The Kier molecular flexibility index (Phi) is 4.70. The molecule has 0 fully saturated rings. The maximum Gasteiger partial charge on any atom is 0.265 e. The minimum atomic E-state index is -3.76. The first-order valence-electron chi connectivity index (χ1n) is 4.98. The Bertz CT molecular complexity index is 724. The molecule has 2 rings (SSSR count). The van der Waals surface area contributed by atoms with E-state index < -0.39 is 10.0 Å². The maximum atomic E-state index is 12.2. The molecule has 0 aliphatic carbocycles. The quantitative estimate of drug-likeness (QED) is 0.544. The van der Waals surface area contributed by atoms with E-state index in [-0.39, 0.29) is 10.0 Å². The van der Waals surface area contributed by atoms with Crippen LogP contribution in [0.1, 0.15) is 0 Å². The third-order valence-corrected chi connectivity index (χ3v) is 5.33. The molecule has 0 aliphatic rings. The van der Waals surface area contributed by atoms with Crippen molar-refractivity contribution < 1.29 is 8.42 Å². The molecule has 1 aromatic heterocycles. The molecule has 2 aromatic rings. The van der Waals surface area contributed by atoms with Crippen LogP contribution in [0.15, 0.2) is 45.9 Å². The highest BCUT2D eigenvalue weighted by atomic mass is 127. The Balaban J connectivity index is 2.40. The largest absolute Gasteiger partial charge is 0.278 e. The van der Waals surface area contributed by atoms with Gasteiger partial charge in [-0.2, -0.15) is 0 Å². The summed E-state index contributed by atoms with van der Waals surface area (Å²) in [5, 5.41) is -0.0587. The summed E-state index contributed by atoms with van der Waals surface area (Å²) >= 11 is 11.2. The van der Waals surface area contributed by atoms with Crippen LogP contribution in [-0.2, 0) is 10.0 Å². The second kappa shape index (κ2) is 5.94. The van der Waals surface area contributed by atoms with Crippen molar-refractivity contribution in [3.8, 4) is 0 Å². The van der Waals surface area contributed by atoms with E-state index in [0.29, 0.717) is 10.2 Å². The Morgan fingerprint density at radius 3 is 2.68 bits per heavy atom. The molecule has 100 valence electrons. The van der Waals surface area contributed by atoms with Gasteiger partial charge < -0.3 is 0 Å². The van der Waals surface area contributed by atoms with Crippen molar-refractivity contribution in [1.29, 1.82) is 0 Å². The lowest BCUT2D eigenvalue weighted by molar-refractivity contribution is 0.601. The van der Waals surface area contributed by atoms with Crippen molar-refractivity contribution in [2.75, 3.05) is 4.72 Å². The predicted octanol–water partition coefficient (Wildman–Crippen LogP) is 3.90. The van der Waals surface area contributed by atoms with Gasteiger partial charge in [-0.15, -0.1) is 0 Å². The molecular formula is C11H7BrClIN2O2S. The fourth-order valence-corrected chi connectivity index (χ4v) is 4.41. The van der Waals surface area contributed by atoms with Gasteiger partial charge in [0, 0.05) is 14.2 Å². The van der Waals surface area contributed by atoms with Gasteiger partial charge in [0.05, 0.1) is 5.69 Å². The lowest BCUT2D eigenvalue weighted by Gasteiger charge is -2.10. The molecule has 0 aliphatic heterocycles. The summed E-state index contributed by atoms with van der Waals surface area (Å²) in [4.78, 5) is 3.70. The van der Waals surface area contributed by atoms with Gasteiger partial charge in [0.15, 0.2) is 0 Å². The van der Waals surface area contributed by atoms with Crippen LogP contribution in [0.3, 0.4) is 0 Å². The summed E-state index contributed by atoms with van der Waals surface area (Å²) < 4.78 is 28.5. The summed E-state index contributed by atoms with van der Waals surface area (Å²) in [5.41, 5.74) is 0.445. The molecule has 0 amide bonds. The fraction of sp³-hybridized carbons (Fsp3) is 0. The molecule has 0 bridgehead atoms. The van der Waals surface area contributed by atoms with E-state index >= 15 is 0 Å². The van der Waals surface area contributed by atoms with Crippen molar-refractivity contribution in [2.45, 2.75) is 4.90 Å². The minimum absolute atomic E-state index is 0.0536. The highest BCUT2D eigenvalue weighted by molar-refractivity contribution is 14.1. The first-order valence-corrected chi connectivity index (χ1v) is 8.72. The van der Waals surface area contributed by atoms with Crippen molar-refractivity contribution >= 4 is 65.8 Å². The van der Waals surface area contributed by atoms with Gasteiger partial charge >= 0.3 is 0 Å². The Labute approximate surface area is 137 Å². The van der Waals surface area contributed by atoms with Gasteiger partial charge in [-0.25, -0.2) is 13.4 Å². The number of hydrogen-bond donors (Lipinski definition) is 1. The average Bonchev–Trinajstić information content (AvgIpc) is 2.33. The summed E-state index contributed by atoms with van der Waals surface area (Å²) in [7, 11) is -3.76. The first kappa shape index (κ1) is 15.0. The highest BCUT2D eigenvalue weighted by Gasteiger charge is 2.19. The van der Waals surface area contributed by atoms with Crippen LogP contribution >= 0.6 is 50.1 Å². The fourth-order valence-electron chi connectivity index (χ4n) is 1.34. The number of anilines is 1. The van der Waals surface area contributed by atoms with Crippen LogP contribution in [0.5, 0.6) is 0 Å². The lowest BCUT2D eigenvalue weighted by atomic mass is 10.3. The second-order valence-corrected chi connectivity index (χ2v) is 7.63. The van der Waals surface area contributed by atoms with Gasteiger partial charge in [0.1, 0.15) is 10.0 Å². The minimum Gasteiger partial charge on any atom is -0.278 e. The number of benzene rings is 1. The van der Waals surface area contributed by atoms with Gasteiger partial charge in [-0.05, 0) is 68.9 Å². The third-order valence-electron chi connectivity index (χ3n) is 2.19. The van der Waals surface area contributed by atoms with E-state index in [2.05, 4.69) is 48.2 Å². The van der Waals surface area contributed by atoms with Crippen molar-refractivity contribution in [3.05, 3.63) is 49.7 Å². The van der Waals surface area contributed by atoms with Crippen molar-refractivity contribution in [1.82, 2.24) is 4.98 Å². The Hall–Kier alpha value is -0.380. The number of hydrogen-bond acceptors (Lipinski definition) is 3. The van der Waals surface area contributed by atoms with E-state index in [1.165, 1.54) is 18.3 Å². The molecule has 0 saturated carbocycles. The maximum absolute atomic E-state index is 12.2. The predicted molar refractivity (Wildman–Crippen MR) is 86.9 cm³/mol. The van der Waals surface area contributed by atoms with E-state index in [9.17, 15) is 8.42 Å². The molecule has 1 N–H and O–H groups in total. The van der Waals surface area contributed by atoms with Crippen LogP contribution in [0, 0.1) is 3.57 Å². The Morgan fingerprint density at radius 1 is 1.32 bits per heavy atom. The van der Waals surface area contributed by atoms with E-state index in [4.69, 9.17) is 11.6 Å². The van der Waals surface area contributed by atoms with Crippen LogP contribution in [0.4, 0.5) is 5.69 Å². The average molecular weight is 474 g/mol. The number of sulfonamides is 1. The van der Waals surface area contributed by atoms with Gasteiger partial charge in [0.2, 0.25) is 0 Å². The topological polar surface area (TPSA) is 59.1 Å². The lowest BCUT2D eigenvalue weighted by Crippen LogP contribution is -2.14. The second-order valence-electron chi connectivity index (χ2n) is 3.52. The summed E-state index contributed by atoms with van der Waals surface area (Å²) in [6, 6.07) is 8.20. The van der Waals surface area contributed by atoms with Crippen LogP contribution in [0.25, 0.3) is 0 Å². The molecular weight excluding hydrogens is 466 g/mol. The Morgan fingerprint density at radius 2 is 2.05 bits per heavy atom. The third kappa shape index (κ3) is 3.59. The van der Waals surface area contributed by atoms with Crippen LogP contribution in [-0.4, -0.2) is 13.4 Å². The molecule has 4 nitrogen and oxygen atoms in total. The smallest absolute Gasteiger partial charge is 0.265 e. The summed E-state index contributed by atoms with van der Waals surface area (Å²) in [6.07, 6.45) is 1.43. The summed E-state index contributed by atoms with van der Waals surface area (Å²) in [6.45, 7) is 0. The number of nitrogens with zero attached hydrogens (tertiary/aromatic N) is 1. The van der Waals surface area contributed by atoms with Crippen molar-refractivity contribution in [3.63, 3.8) is 0 Å². The summed E-state index contributed by atoms with van der Waals surface area (Å²) in [5.74, 6) is 0. The molecule has 19 heavy (non-hydrogen) atoms. The zero-order chi connectivity index (χ0) is 14.0.